The molecule has 4 atom stereocenters. The maximum Gasteiger partial charge on any atom is 0.317 e. The molecule has 0 saturated carbocycles. The molecular formula is C17H18N5O6P. The lowest BCUT2D eigenvalue weighted by atomic mass is 10.1. The topological polar surface area (TPSA) is 149 Å². The minimum atomic E-state index is -3.25. The number of nitrogens with one attached hydrogen (secondary N) is 1. The third-order valence-corrected chi connectivity index (χ3v) is 5.10. The van der Waals surface area contributed by atoms with Crippen LogP contribution in [0.5, 0.6) is 0 Å². The molecule has 0 bridgehead atoms. The highest BCUT2D eigenvalue weighted by atomic mass is 31.1. The van der Waals surface area contributed by atoms with E-state index in [1.54, 1.807) is 28.8 Å². The number of carbonyl (C=O) groups excluding carboxylic acids is 1. The van der Waals surface area contributed by atoms with Crippen LogP contribution in [0.25, 0.3) is 11.2 Å². The second kappa shape index (κ2) is 8.36. The highest BCUT2D eigenvalue weighted by Crippen LogP contribution is 2.35. The highest BCUT2D eigenvalue weighted by molar-refractivity contribution is 7.32. The molecule has 152 valence electrons. The van der Waals surface area contributed by atoms with Gasteiger partial charge in [0, 0.05) is 5.56 Å². The van der Waals surface area contributed by atoms with E-state index in [-0.39, 0.29) is 24.9 Å². The molecule has 3 aromatic rings. The molecule has 1 fully saturated rings. The van der Waals surface area contributed by atoms with Crippen LogP contribution in [0.4, 0.5) is 5.82 Å². The Hall–Kier alpha value is -2.69. The number of benzene rings is 1. The first-order valence-electron chi connectivity index (χ1n) is 8.74. The maximum atomic E-state index is 12.4. The van der Waals surface area contributed by atoms with Gasteiger partial charge in [-0.3, -0.25) is 9.36 Å². The van der Waals surface area contributed by atoms with Gasteiger partial charge in [-0.15, -0.1) is 0 Å². The van der Waals surface area contributed by atoms with E-state index in [9.17, 15) is 19.4 Å². The number of ether oxygens (including phenoxy) is 1. The van der Waals surface area contributed by atoms with Gasteiger partial charge in [0.05, 0.1) is 25.6 Å². The van der Waals surface area contributed by atoms with E-state index in [4.69, 9.17) is 9.26 Å². The van der Waals surface area contributed by atoms with Gasteiger partial charge >= 0.3 is 8.25 Å². The van der Waals surface area contributed by atoms with E-state index < -0.39 is 26.5 Å². The minimum Gasteiger partial charge on any atom is -0.394 e. The number of nitrogens with zero attached hydrogens (tertiary/aromatic N) is 4. The number of anilines is 1. The number of rotatable bonds is 6. The number of aliphatic hydroxyl groups excluding tert-OH is 1. The number of hydrogen-bond acceptors (Lipinski definition) is 8. The molecule has 1 unspecified atom stereocenters. The van der Waals surface area contributed by atoms with Gasteiger partial charge < -0.3 is 29.1 Å². The monoisotopic (exact) mass is 419 g/mol. The molecular weight excluding hydrogens is 401 g/mol. The van der Waals surface area contributed by atoms with E-state index >= 15 is 0 Å². The number of imidazole rings is 1. The van der Waals surface area contributed by atoms with Gasteiger partial charge in [0.1, 0.15) is 18.5 Å². The summed E-state index contributed by atoms with van der Waals surface area (Å²) in [4.78, 5) is 34.3. The van der Waals surface area contributed by atoms with Crippen molar-refractivity contribution in [2.45, 2.75) is 18.2 Å². The molecule has 2 aromatic heterocycles. The average molecular weight is 419 g/mol. The summed E-state index contributed by atoms with van der Waals surface area (Å²) in [5.74, 6) is -0.113. The normalized spacial score (nSPS) is 22.6. The Kier molecular flexibility index (Phi) is 5.65. The van der Waals surface area contributed by atoms with Crippen LogP contribution < -0.4 is 5.32 Å². The van der Waals surface area contributed by atoms with E-state index in [0.717, 1.165) is 0 Å². The van der Waals surface area contributed by atoms with Crippen LogP contribution in [-0.4, -0.2) is 60.8 Å². The van der Waals surface area contributed by atoms with Gasteiger partial charge in [0.25, 0.3) is 5.91 Å². The zero-order valence-electron chi connectivity index (χ0n) is 15.0. The molecule has 1 amide bonds. The van der Waals surface area contributed by atoms with Crippen LogP contribution in [0.15, 0.2) is 43.0 Å². The van der Waals surface area contributed by atoms with E-state index in [2.05, 4.69) is 20.3 Å². The van der Waals surface area contributed by atoms with Crippen LogP contribution in [0.1, 0.15) is 16.4 Å². The first-order valence-corrected chi connectivity index (χ1v) is 10.0. The largest absolute Gasteiger partial charge is 0.394 e. The highest BCUT2D eigenvalue weighted by Gasteiger charge is 2.41. The van der Waals surface area contributed by atoms with Gasteiger partial charge in [-0.05, 0) is 12.1 Å². The summed E-state index contributed by atoms with van der Waals surface area (Å²) in [5.41, 5.74) is 1.21. The zero-order valence-corrected chi connectivity index (χ0v) is 16.0. The molecule has 1 aliphatic rings. The number of aromatic nitrogens is 4. The molecule has 11 nitrogen and oxygen atoms in total. The summed E-state index contributed by atoms with van der Waals surface area (Å²) in [7, 11) is -3.25. The fraction of sp³-hybridized carbons (Fsp3) is 0.294. The van der Waals surface area contributed by atoms with Crippen molar-refractivity contribution in [3.8, 4) is 0 Å². The van der Waals surface area contributed by atoms with Crippen molar-refractivity contribution in [3.05, 3.63) is 48.5 Å². The van der Waals surface area contributed by atoms with Gasteiger partial charge in [-0.25, -0.2) is 15.0 Å². The third-order valence-electron chi connectivity index (χ3n) is 4.63. The first kappa shape index (κ1) is 19.6. The Morgan fingerprint density at radius 1 is 1.31 bits per heavy atom. The van der Waals surface area contributed by atoms with Crippen LogP contribution in [0.3, 0.4) is 0 Å². The maximum absolute atomic E-state index is 12.4. The Morgan fingerprint density at radius 2 is 2.10 bits per heavy atom. The number of hydrogen-bond donors (Lipinski definition) is 3. The molecule has 3 N–H and O–H groups in total. The summed E-state index contributed by atoms with van der Waals surface area (Å²) in [5, 5.41) is 12.2. The molecule has 4 rings (SSSR count). The predicted molar refractivity (Wildman–Crippen MR) is 102 cm³/mol. The molecule has 1 aromatic carbocycles. The Morgan fingerprint density at radius 3 is 2.83 bits per heavy atom. The number of carbonyl (C=O) groups is 1. The van der Waals surface area contributed by atoms with Gasteiger partial charge in [0.15, 0.2) is 17.0 Å². The molecule has 0 spiro atoms. The fourth-order valence-electron chi connectivity index (χ4n) is 3.28. The van der Waals surface area contributed by atoms with Crippen molar-refractivity contribution < 1.29 is 28.6 Å². The number of aliphatic hydroxyl groups is 1. The summed E-state index contributed by atoms with van der Waals surface area (Å²) >= 11 is 0. The summed E-state index contributed by atoms with van der Waals surface area (Å²) in [6.07, 6.45) is 1.14. The molecule has 0 radical (unpaired) electrons. The second-order valence-corrected chi connectivity index (χ2v) is 7.10. The van der Waals surface area contributed by atoms with Crippen molar-refractivity contribution in [1.82, 2.24) is 19.5 Å². The van der Waals surface area contributed by atoms with Gasteiger partial charge in [-0.2, -0.15) is 0 Å². The Balaban J connectivity index is 1.65. The standard InChI is InChI=1S/C17H18N5O6P/c23-6-12-14(28-29(25)26)11(7-27-12)22-9-20-13-15(18-8-19-16(13)22)21-17(24)10-4-2-1-3-5-10/h1-5,8-9,11-12,14,23,29H,6-7H2,(H,25,26)(H,18,19,21,24)/t11-,12-,14+/m1/s1. The van der Waals surface area contributed by atoms with Crippen LogP contribution in [0, 0.1) is 0 Å². The summed E-state index contributed by atoms with van der Waals surface area (Å²) < 4.78 is 23.4. The number of amides is 1. The smallest absolute Gasteiger partial charge is 0.317 e. The minimum absolute atomic E-state index is 0.131. The van der Waals surface area contributed by atoms with Gasteiger partial charge in [0.2, 0.25) is 0 Å². The van der Waals surface area contributed by atoms with Crippen molar-refractivity contribution in [3.63, 3.8) is 0 Å². The molecule has 3 heterocycles. The van der Waals surface area contributed by atoms with Crippen molar-refractivity contribution in [1.29, 1.82) is 0 Å². The van der Waals surface area contributed by atoms with E-state index in [1.165, 1.54) is 12.7 Å². The summed E-state index contributed by atoms with van der Waals surface area (Å²) in [6, 6.07) is 8.13. The average Bonchev–Trinajstić information content (AvgIpc) is 3.32. The zero-order chi connectivity index (χ0) is 20.4. The first-order chi connectivity index (χ1) is 14.1. The fourth-order valence-corrected chi connectivity index (χ4v) is 3.82. The Labute approximate surface area is 165 Å². The SMILES string of the molecule is O=C(Nc1ncnc2c1ncn2[C@@H]1CO[C@H](CO)[C@H]1O[PH](=O)O)c1ccccc1. The lowest BCUT2D eigenvalue weighted by Gasteiger charge is -2.21. The van der Waals surface area contributed by atoms with Crippen LogP contribution >= 0.6 is 8.25 Å². The van der Waals surface area contributed by atoms with E-state index in [0.29, 0.717) is 16.7 Å². The van der Waals surface area contributed by atoms with Crippen LogP contribution in [-0.2, 0) is 13.8 Å². The number of fused-ring (bicyclic) bond motifs is 1. The Bertz CT molecular complexity index is 1050. The molecule has 1 saturated heterocycles. The van der Waals surface area contributed by atoms with Crippen molar-refractivity contribution >= 4 is 31.1 Å². The lowest BCUT2D eigenvalue weighted by Crippen LogP contribution is -2.32. The molecule has 12 heteroatoms. The second-order valence-electron chi connectivity index (χ2n) is 6.34. The molecule has 1 aliphatic heterocycles. The summed E-state index contributed by atoms with van der Waals surface area (Å²) in [6.45, 7) is -0.234. The van der Waals surface area contributed by atoms with Crippen molar-refractivity contribution in [2.75, 3.05) is 18.5 Å². The lowest BCUT2D eigenvalue weighted by molar-refractivity contribution is 0.0109. The van der Waals surface area contributed by atoms with Crippen molar-refractivity contribution in [2.24, 2.45) is 0 Å². The predicted octanol–water partition coefficient (Wildman–Crippen LogP) is 0.778. The van der Waals surface area contributed by atoms with E-state index in [1.807, 2.05) is 6.07 Å². The third kappa shape index (κ3) is 3.91. The van der Waals surface area contributed by atoms with Crippen LogP contribution in [0.2, 0.25) is 0 Å². The molecule has 29 heavy (non-hydrogen) atoms. The quantitative estimate of drug-likeness (QED) is 0.493. The molecule has 0 aliphatic carbocycles. The van der Waals surface area contributed by atoms with Gasteiger partial charge in [-0.1, -0.05) is 18.2 Å².